The van der Waals surface area contributed by atoms with E-state index in [1.54, 1.807) is 7.11 Å². The SMILES string of the molecule is COc1c(Br)cccc1CN1CC(C)NCC1C. The fourth-order valence-electron chi connectivity index (χ4n) is 2.44. The highest BCUT2D eigenvalue weighted by Gasteiger charge is 2.23. The number of para-hydroxylation sites is 1. The van der Waals surface area contributed by atoms with Crippen molar-refractivity contribution in [3.63, 3.8) is 0 Å². The van der Waals surface area contributed by atoms with Gasteiger partial charge < -0.3 is 10.1 Å². The lowest BCUT2D eigenvalue weighted by Gasteiger charge is -2.37. The van der Waals surface area contributed by atoms with Gasteiger partial charge in [0.15, 0.2) is 0 Å². The molecule has 0 saturated carbocycles. The number of benzene rings is 1. The molecule has 1 aromatic carbocycles. The summed E-state index contributed by atoms with van der Waals surface area (Å²) in [6.45, 7) is 7.57. The molecule has 1 saturated heterocycles. The topological polar surface area (TPSA) is 24.5 Å². The molecular formula is C14H21BrN2O. The van der Waals surface area contributed by atoms with Crippen LogP contribution in [-0.2, 0) is 6.54 Å². The van der Waals surface area contributed by atoms with Crippen LogP contribution in [0.5, 0.6) is 5.75 Å². The zero-order valence-electron chi connectivity index (χ0n) is 11.2. The average molecular weight is 313 g/mol. The normalized spacial score (nSPS) is 25.1. The predicted octanol–water partition coefficient (Wildman–Crippen LogP) is 2.64. The van der Waals surface area contributed by atoms with Gasteiger partial charge in [0.05, 0.1) is 11.6 Å². The minimum Gasteiger partial charge on any atom is -0.495 e. The van der Waals surface area contributed by atoms with Gasteiger partial charge in [-0.05, 0) is 35.8 Å². The summed E-state index contributed by atoms with van der Waals surface area (Å²) in [4.78, 5) is 2.51. The fraction of sp³-hybridized carbons (Fsp3) is 0.571. The first-order chi connectivity index (χ1) is 8.61. The lowest BCUT2D eigenvalue weighted by molar-refractivity contribution is 0.137. The Morgan fingerprint density at radius 2 is 2.22 bits per heavy atom. The third-order valence-corrected chi connectivity index (χ3v) is 4.14. The van der Waals surface area contributed by atoms with Gasteiger partial charge in [0.25, 0.3) is 0 Å². The first kappa shape index (κ1) is 13.8. The van der Waals surface area contributed by atoms with Crippen molar-refractivity contribution in [2.24, 2.45) is 0 Å². The Morgan fingerprint density at radius 1 is 1.44 bits per heavy atom. The van der Waals surface area contributed by atoms with Gasteiger partial charge in [-0.15, -0.1) is 0 Å². The van der Waals surface area contributed by atoms with Crippen LogP contribution < -0.4 is 10.1 Å². The quantitative estimate of drug-likeness (QED) is 0.928. The third-order valence-electron chi connectivity index (χ3n) is 3.52. The minimum absolute atomic E-state index is 0.555. The smallest absolute Gasteiger partial charge is 0.137 e. The Morgan fingerprint density at radius 3 is 2.94 bits per heavy atom. The van der Waals surface area contributed by atoms with Crippen LogP contribution in [0.4, 0.5) is 0 Å². The first-order valence-electron chi connectivity index (χ1n) is 6.40. The number of hydrogen-bond acceptors (Lipinski definition) is 3. The van der Waals surface area contributed by atoms with E-state index in [0.29, 0.717) is 12.1 Å². The molecule has 1 aliphatic heterocycles. The molecule has 3 nitrogen and oxygen atoms in total. The fourth-order valence-corrected chi connectivity index (χ4v) is 3.01. The van der Waals surface area contributed by atoms with Crippen LogP contribution in [0.2, 0.25) is 0 Å². The van der Waals surface area contributed by atoms with E-state index in [-0.39, 0.29) is 0 Å². The van der Waals surface area contributed by atoms with Crippen LogP contribution >= 0.6 is 15.9 Å². The monoisotopic (exact) mass is 312 g/mol. The van der Waals surface area contributed by atoms with Crippen LogP contribution in [0.1, 0.15) is 19.4 Å². The standard InChI is InChI=1S/C14H21BrN2O/c1-10-8-17(11(2)7-16-10)9-12-5-4-6-13(15)14(12)18-3/h4-6,10-11,16H,7-9H2,1-3H3. The summed E-state index contributed by atoms with van der Waals surface area (Å²) < 4.78 is 6.52. The van der Waals surface area contributed by atoms with Crippen LogP contribution in [0, 0.1) is 0 Å². The van der Waals surface area contributed by atoms with Gasteiger partial charge in [-0.25, -0.2) is 0 Å². The van der Waals surface area contributed by atoms with Gasteiger partial charge in [-0.3, -0.25) is 4.90 Å². The zero-order valence-corrected chi connectivity index (χ0v) is 12.8. The molecular weight excluding hydrogens is 292 g/mol. The summed E-state index contributed by atoms with van der Waals surface area (Å²) in [7, 11) is 1.73. The molecule has 2 unspecified atom stereocenters. The minimum atomic E-state index is 0.555. The number of methoxy groups -OCH3 is 1. The van der Waals surface area contributed by atoms with E-state index in [0.717, 1.165) is 29.9 Å². The number of nitrogens with one attached hydrogen (secondary N) is 1. The van der Waals surface area contributed by atoms with E-state index in [4.69, 9.17) is 4.74 Å². The molecule has 1 heterocycles. The van der Waals surface area contributed by atoms with Gasteiger partial charge in [0, 0.05) is 37.3 Å². The predicted molar refractivity (Wildman–Crippen MR) is 78.0 cm³/mol. The van der Waals surface area contributed by atoms with E-state index < -0.39 is 0 Å². The highest BCUT2D eigenvalue weighted by molar-refractivity contribution is 9.10. The zero-order chi connectivity index (χ0) is 13.1. The van der Waals surface area contributed by atoms with E-state index in [9.17, 15) is 0 Å². The summed E-state index contributed by atoms with van der Waals surface area (Å²) >= 11 is 3.54. The molecule has 4 heteroatoms. The van der Waals surface area contributed by atoms with Crippen molar-refractivity contribution in [1.29, 1.82) is 0 Å². The van der Waals surface area contributed by atoms with E-state index in [1.807, 2.05) is 6.07 Å². The molecule has 18 heavy (non-hydrogen) atoms. The second-order valence-electron chi connectivity index (χ2n) is 5.02. The number of nitrogens with zero attached hydrogens (tertiary/aromatic N) is 1. The summed E-state index contributed by atoms with van der Waals surface area (Å²) in [6, 6.07) is 7.34. The molecule has 0 spiro atoms. The Bertz CT molecular complexity index is 411. The first-order valence-corrected chi connectivity index (χ1v) is 7.20. The highest BCUT2D eigenvalue weighted by Crippen LogP contribution is 2.30. The Hall–Kier alpha value is -0.580. The van der Waals surface area contributed by atoms with Crippen molar-refractivity contribution >= 4 is 15.9 Å². The Kier molecular flexibility index (Phi) is 4.65. The van der Waals surface area contributed by atoms with Gasteiger partial charge in [0.2, 0.25) is 0 Å². The summed E-state index contributed by atoms with van der Waals surface area (Å²) in [5, 5.41) is 3.51. The van der Waals surface area contributed by atoms with Crippen molar-refractivity contribution in [2.45, 2.75) is 32.5 Å². The number of rotatable bonds is 3. The molecule has 0 bridgehead atoms. The van der Waals surface area contributed by atoms with Gasteiger partial charge in [-0.2, -0.15) is 0 Å². The number of halogens is 1. The van der Waals surface area contributed by atoms with E-state index in [2.05, 4.69) is 52.1 Å². The Labute approximate surface area is 118 Å². The molecule has 0 aliphatic carbocycles. The molecule has 0 aromatic heterocycles. The third kappa shape index (κ3) is 3.05. The molecule has 0 radical (unpaired) electrons. The maximum atomic E-state index is 5.49. The van der Waals surface area contributed by atoms with Crippen molar-refractivity contribution in [3.8, 4) is 5.75 Å². The lowest BCUT2D eigenvalue weighted by atomic mass is 10.1. The molecule has 2 atom stereocenters. The lowest BCUT2D eigenvalue weighted by Crippen LogP contribution is -2.53. The van der Waals surface area contributed by atoms with Crippen LogP contribution in [-0.4, -0.2) is 37.2 Å². The maximum Gasteiger partial charge on any atom is 0.137 e. The van der Waals surface area contributed by atoms with Gasteiger partial charge >= 0.3 is 0 Å². The molecule has 100 valence electrons. The van der Waals surface area contributed by atoms with Crippen molar-refractivity contribution in [3.05, 3.63) is 28.2 Å². The summed E-state index contributed by atoms with van der Waals surface area (Å²) in [5.74, 6) is 0.955. The number of piperazine rings is 1. The molecule has 1 N–H and O–H groups in total. The van der Waals surface area contributed by atoms with Crippen LogP contribution in [0.25, 0.3) is 0 Å². The summed E-state index contributed by atoms with van der Waals surface area (Å²) in [5.41, 5.74) is 1.24. The molecule has 1 aliphatic rings. The number of ether oxygens (including phenoxy) is 1. The summed E-state index contributed by atoms with van der Waals surface area (Å²) in [6.07, 6.45) is 0. The average Bonchev–Trinajstić information content (AvgIpc) is 2.34. The van der Waals surface area contributed by atoms with Crippen molar-refractivity contribution in [1.82, 2.24) is 10.2 Å². The molecule has 1 aromatic rings. The van der Waals surface area contributed by atoms with Crippen molar-refractivity contribution < 1.29 is 4.74 Å². The van der Waals surface area contributed by atoms with E-state index in [1.165, 1.54) is 5.56 Å². The van der Waals surface area contributed by atoms with Crippen LogP contribution in [0.3, 0.4) is 0 Å². The van der Waals surface area contributed by atoms with Gasteiger partial charge in [-0.1, -0.05) is 12.1 Å². The molecule has 0 amide bonds. The van der Waals surface area contributed by atoms with E-state index >= 15 is 0 Å². The van der Waals surface area contributed by atoms with Crippen molar-refractivity contribution in [2.75, 3.05) is 20.2 Å². The molecule has 1 fully saturated rings. The largest absolute Gasteiger partial charge is 0.495 e. The molecule has 2 rings (SSSR count). The second kappa shape index (κ2) is 6.04. The van der Waals surface area contributed by atoms with Crippen LogP contribution in [0.15, 0.2) is 22.7 Å². The highest BCUT2D eigenvalue weighted by atomic mass is 79.9. The maximum absolute atomic E-state index is 5.49. The van der Waals surface area contributed by atoms with Gasteiger partial charge in [0.1, 0.15) is 5.75 Å². The number of hydrogen-bond donors (Lipinski definition) is 1. The Balaban J connectivity index is 2.15. The second-order valence-corrected chi connectivity index (χ2v) is 5.87.